The van der Waals surface area contributed by atoms with E-state index in [9.17, 15) is 4.79 Å². The maximum Gasteiger partial charge on any atom is 0.328 e. The monoisotopic (exact) mass is 273 g/mol. The van der Waals surface area contributed by atoms with Gasteiger partial charge in [0.2, 0.25) is 0 Å². The Hall–Kier alpha value is -1.77. The molecule has 1 N–H and O–H groups in total. The highest BCUT2D eigenvalue weighted by atomic mass is 16.4. The van der Waals surface area contributed by atoms with Gasteiger partial charge in [0.25, 0.3) is 0 Å². The Morgan fingerprint density at radius 3 is 2.80 bits per heavy atom. The number of hydrogen-bond donors (Lipinski definition) is 1. The van der Waals surface area contributed by atoms with Crippen LogP contribution in [0.25, 0.3) is 6.08 Å². The summed E-state index contributed by atoms with van der Waals surface area (Å²) in [5.41, 5.74) is 3.34. The minimum atomic E-state index is -0.899. The third-order valence-electron chi connectivity index (χ3n) is 3.64. The van der Waals surface area contributed by atoms with Crippen molar-refractivity contribution in [3.8, 4) is 0 Å². The zero-order chi connectivity index (χ0) is 14.5. The van der Waals surface area contributed by atoms with E-state index in [1.807, 2.05) is 6.92 Å². The van der Waals surface area contributed by atoms with Crippen LogP contribution in [0.1, 0.15) is 43.7 Å². The number of aryl methyl sites for hydroxylation is 1. The third kappa shape index (κ3) is 3.86. The third-order valence-corrected chi connectivity index (χ3v) is 3.64. The molecule has 0 atom stereocenters. The van der Waals surface area contributed by atoms with E-state index in [2.05, 4.69) is 30.0 Å². The van der Waals surface area contributed by atoms with Crippen molar-refractivity contribution in [1.29, 1.82) is 0 Å². The van der Waals surface area contributed by atoms with Crippen LogP contribution < -0.4 is 4.90 Å². The number of aliphatic carboxylic acids is 1. The van der Waals surface area contributed by atoms with Crippen molar-refractivity contribution >= 4 is 17.7 Å². The van der Waals surface area contributed by atoms with Gasteiger partial charge in [-0.25, -0.2) is 4.79 Å². The van der Waals surface area contributed by atoms with Gasteiger partial charge in [-0.15, -0.1) is 0 Å². The second kappa shape index (κ2) is 6.60. The van der Waals surface area contributed by atoms with Gasteiger partial charge in [-0.1, -0.05) is 25.0 Å². The van der Waals surface area contributed by atoms with Crippen molar-refractivity contribution in [2.45, 2.75) is 45.6 Å². The fourth-order valence-corrected chi connectivity index (χ4v) is 2.44. The van der Waals surface area contributed by atoms with E-state index >= 15 is 0 Å². The molecular weight excluding hydrogens is 250 g/mol. The topological polar surface area (TPSA) is 40.5 Å². The zero-order valence-electron chi connectivity index (χ0n) is 12.3. The van der Waals surface area contributed by atoms with E-state index in [1.165, 1.54) is 37.4 Å². The summed E-state index contributed by atoms with van der Waals surface area (Å²) in [5.74, 6) is -0.899. The van der Waals surface area contributed by atoms with Crippen LogP contribution in [0, 0.1) is 6.92 Å². The van der Waals surface area contributed by atoms with Crippen molar-refractivity contribution < 1.29 is 9.90 Å². The molecule has 0 spiro atoms. The van der Waals surface area contributed by atoms with Crippen LogP contribution in [-0.4, -0.2) is 23.7 Å². The first kappa shape index (κ1) is 14.6. The van der Waals surface area contributed by atoms with Gasteiger partial charge in [0, 0.05) is 24.4 Å². The molecule has 0 radical (unpaired) electrons. The molecule has 1 saturated carbocycles. The maximum absolute atomic E-state index is 10.8. The molecule has 3 heteroatoms. The molecule has 1 fully saturated rings. The van der Waals surface area contributed by atoms with Gasteiger partial charge in [0.15, 0.2) is 0 Å². The summed E-state index contributed by atoms with van der Waals surface area (Å²) in [7, 11) is 0. The normalized spacial score (nSPS) is 14.7. The standard InChI is InChI=1S/C17H23NO2/c1-3-4-11-18(15-7-8-15)16-9-5-13(2)12-14(16)6-10-17(19)20/h5-6,9-10,12,15H,3-4,7-8,11H2,1-2H3,(H,19,20)/b10-6+. The Morgan fingerprint density at radius 1 is 1.45 bits per heavy atom. The van der Waals surface area contributed by atoms with Crippen LogP contribution in [0.4, 0.5) is 5.69 Å². The molecule has 0 saturated heterocycles. The molecule has 1 aliphatic rings. The summed E-state index contributed by atoms with van der Waals surface area (Å²) in [6.45, 7) is 5.29. The zero-order valence-corrected chi connectivity index (χ0v) is 12.3. The Labute approximate surface area is 120 Å². The number of rotatable bonds is 7. The highest BCUT2D eigenvalue weighted by Gasteiger charge is 2.29. The van der Waals surface area contributed by atoms with Gasteiger partial charge in [0.05, 0.1) is 0 Å². The molecule has 0 unspecified atom stereocenters. The minimum absolute atomic E-state index is 0.640. The Balaban J connectivity index is 2.29. The predicted octanol–water partition coefficient (Wildman–Crippen LogP) is 3.86. The molecule has 2 rings (SSSR count). The lowest BCUT2D eigenvalue weighted by molar-refractivity contribution is -0.131. The number of benzene rings is 1. The summed E-state index contributed by atoms with van der Waals surface area (Å²) in [4.78, 5) is 13.2. The van der Waals surface area contributed by atoms with E-state index < -0.39 is 5.97 Å². The van der Waals surface area contributed by atoms with Crippen LogP contribution in [0.2, 0.25) is 0 Å². The Kier molecular flexibility index (Phi) is 4.83. The van der Waals surface area contributed by atoms with Gasteiger partial charge >= 0.3 is 5.97 Å². The van der Waals surface area contributed by atoms with Crippen molar-refractivity contribution in [2.75, 3.05) is 11.4 Å². The van der Waals surface area contributed by atoms with Gasteiger partial charge < -0.3 is 10.0 Å². The van der Waals surface area contributed by atoms with Crippen molar-refractivity contribution in [1.82, 2.24) is 0 Å². The second-order valence-corrected chi connectivity index (χ2v) is 5.51. The van der Waals surface area contributed by atoms with E-state index in [1.54, 1.807) is 6.08 Å². The van der Waals surface area contributed by atoms with E-state index in [0.29, 0.717) is 6.04 Å². The Morgan fingerprint density at radius 2 is 2.20 bits per heavy atom. The predicted molar refractivity (Wildman–Crippen MR) is 83.1 cm³/mol. The molecule has 0 heterocycles. The van der Waals surface area contributed by atoms with Crippen LogP contribution in [0.5, 0.6) is 0 Å². The molecule has 0 aliphatic heterocycles. The lowest BCUT2D eigenvalue weighted by atomic mass is 10.1. The largest absolute Gasteiger partial charge is 0.478 e. The lowest BCUT2D eigenvalue weighted by Gasteiger charge is -2.26. The fourth-order valence-electron chi connectivity index (χ4n) is 2.44. The van der Waals surface area contributed by atoms with Gasteiger partial charge in [-0.05, 0) is 50.0 Å². The molecule has 0 aromatic heterocycles. The SMILES string of the molecule is CCCCN(c1ccc(C)cc1/C=C/C(=O)O)C1CC1. The van der Waals surface area contributed by atoms with Gasteiger partial charge in [0.1, 0.15) is 0 Å². The average molecular weight is 273 g/mol. The van der Waals surface area contributed by atoms with Crippen molar-refractivity contribution in [3.63, 3.8) is 0 Å². The number of hydrogen-bond acceptors (Lipinski definition) is 2. The molecule has 1 aromatic carbocycles. The highest BCUT2D eigenvalue weighted by molar-refractivity contribution is 5.87. The number of anilines is 1. The molecular formula is C17H23NO2. The first-order valence-corrected chi connectivity index (χ1v) is 7.40. The first-order chi connectivity index (χ1) is 9.61. The highest BCUT2D eigenvalue weighted by Crippen LogP contribution is 2.34. The number of carboxylic acid groups (broad SMARTS) is 1. The number of carbonyl (C=O) groups is 1. The number of unbranched alkanes of at least 4 members (excludes halogenated alkanes) is 1. The van der Waals surface area contributed by atoms with Crippen molar-refractivity contribution in [2.24, 2.45) is 0 Å². The summed E-state index contributed by atoms with van der Waals surface area (Å²) in [5, 5.41) is 8.84. The molecule has 1 aromatic rings. The smallest absolute Gasteiger partial charge is 0.328 e. The molecule has 1 aliphatic carbocycles. The van der Waals surface area contributed by atoms with Crippen LogP contribution >= 0.6 is 0 Å². The van der Waals surface area contributed by atoms with Crippen molar-refractivity contribution in [3.05, 3.63) is 35.4 Å². The quantitative estimate of drug-likeness (QED) is 0.767. The van der Waals surface area contributed by atoms with Gasteiger partial charge in [-0.2, -0.15) is 0 Å². The molecule has 0 amide bonds. The van der Waals surface area contributed by atoms with E-state index in [-0.39, 0.29) is 0 Å². The summed E-state index contributed by atoms with van der Waals surface area (Å²) >= 11 is 0. The second-order valence-electron chi connectivity index (χ2n) is 5.51. The molecule has 3 nitrogen and oxygen atoms in total. The van der Waals surface area contributed by atoms with Gasteiger partial charge in [-0.3, -0.25) is 0 Å². The maximum atomic E-state index is 10.8. The van der Waals surface area contributed by atoms with E-state index in [4.69, 9.17) is 5.11 Å². The first-order valence-electron chi connectivity index (χ1n) is 7.40. The number of carboxylic acids is 1. The van der Waals surface area contributed by atoms with Crippen LogP contribution in [-0.2, 0) is 4.79 Å². The van der Waals surface area contributed by atoms with E-state index in [0.717, 1.165) is 17.7 Å². The Bertz CT molecular complexity index is 504. The summed E-state index contributed by atoms with van der Waals surface area (Å²) in [6.07, 6.45) is 7.79. The molecule has 0 bridgehead atoms. The van der Waals surface area contributed by atoms with Crippen LogP contribution in [0.15, 0.2) is 24.3 Å². The minimum Gasteiger partial charge on any atom is -0.478 e. The average Bonchev–Trinajstić information content (AvgIpc) is 3.23. The number of nitrogens with zero attached hydrogens (tertiary/aromatic N) is 1. The van der Waals surface area contributed by atoms with Crippen LogP contribution in [0.3, 0.4) is 0 Å². The lowest BCUT2D eigenvalue weighted by Crippen LogP contribution is -2.27. The molecule has 108 valence electrons. The summed E-state index contributed by atoms with van der Waals surface area (Å²) in [6, 6.07) is 6.94. The molecule has 20 heavy (non-hydrogen) atoms. The fraction of sp³-hybridized carbons (Fsp3) is 0.471. The summed E-state index contributed by atoms with van der Waals surface area (Å²) < 4.78 is 0.